The lowest BCUT2D eigenvalue weighted by Gasteiger charge is -2.36. The quantitative estimate of drug-likeness (QED) is 0.503. The molecule has 0 radical (unpaired) electrons. The maximum atomic E-state index is 14.1. The predicted molar refractivity (Wildman–Crippen MR) is 126 cm³/mol. The molecular formula is C24H22ClN3O5S. The number of benzene rings is 1. The first-order valence-corrected chi connectivity index (χ1v) is 12.4. The summed E-state index contributed by atoms with van der Waals surface area (Å²) >= 11 is 7.55. The summed E-state index contributed by atoms with van der Waals surface area (Å²) in [5, 5.41) is 3.66. The minimum absolute atomic E-state index is 0.225. The van der Waals surface area contributed by atoms with Crippen LogP contribution in [0.25, 0.3) is 0 Å². The highest BCUT2D eigenvalue weighted by molar-refractivity contribution is 7.17. The Hall–Kier alpha value is -2.75. The van der Waals surface area contributed by atoms with Crippen LogP contribution in [0.3, 0.4) is 0 Å². The zero-order chi connectivity index (χ0) is 24.1. The lowest BCUT2D eigenvalue weighted by molar-refractivity contribution is -0.135. The molecule has 0 bridgehead atoms. The number of hydrogen-bond donors (Lipinski definition) is 1. The van der Waals surface area contributed by atoms with Crippen molar-refractivity contribution in [3.05, 3.63) is 44.8 Å². The summed E-state index contributed by atoms with van der Waals surface area (Å²) in [6, 6.07) is 4.92. The van der Waals surface area contributed by atoms with Crippen LogP contribution in [0.5, 0.6) is 0 Å². The molecule has 5 heterocycles. The second-order valence-corrected chi connectivity index (χ2v) is 10.9. The maximum Gasteiger partial charge on any atom is 0.341 e. The van der Waals surface area contributed by atoms with Crippen LogP contribution in [-0.2, 0) is 24.7 Å². The number of halogens is 1. The second-order valence-electron chi connectivity index (χ2n) is 9.28. The first kappa shape index (κ1) is 21.8. The van der Waals surface area contributed by atoms with Crippen molar-refractivity contribution in [2.45, 2.75) is 38.3 Å². The van der Waals surface area contributed by atoms with E-state index in [2.05, 4.69) is 5.32 Å². The molecule has 1 spiro atoms. The van der Waals surface area contributed by atoms with Crippen LogP contribution < -0.4 is 10.2 Å². The van der Waals surface area contributed by atoms with Crippen molar-refractivity contribution < 1.29 is 23.9 Å². The maximum absolute atomic E-state index is 14.1. The van der Waals surface area contributed by atoms with Crippen molar-refractivity contribution in [3.8, 4) is 0 Å². The van der Waals surface area contributed by atoms with E-state index in [1.54, 1.807) is 25.1 Å². The zero-order valence-corrected chi connectivity index (χ0v) is 20.4. The molecule has 1 N–H and O–H groups in total. The topological polar surface area (TPSA) is 96.0 Å². The number of hydrogen-bond acceptors (Lipinski definition) is 7. The minimum atomic E-state index is -1.31. The molecule has 4 unspecified atom stereocenters. The van der Waals surface area contributed by atoms with Gasteiger partial charge in [0.25, 0.3) is 0 Å². The number of nitrogens with one attached hydrogen (secondary N) is 1. The molecule has 3 amide bonds. The molecule has 1 aromatic carbocycles. The van der Waals surface area contributed by atoms with Gasteiger partial charge in [-0.05, 0) is 57.0 Å². The average molecular weight is 500 g/mol. The SMILES string of the molecule is COC(=O)c1c(N2C(=O)C3C4CCCN4C4(C(=O)Nc5ccc(Cl)cc54)C3C2=O)sc(C)c1C. The molecule has 0 aliphatic carbocycles. The molecule has 176 valence electrons. The molecule has 3 fully saturated rings. The van der Waals surface area contributed by atoms with Crippen molar-refractivity contribution in [3.63, 3.8) is 0 Å². The van der Waals surface area contributed by atoms with Crippen LogP contribution in [0.4, 0.5) is 10.7 Å². The highest BCUT2D eigenvalue weighted by Crippen LogP contribution is 2.61. The number of ether oxygens (including phenoxy) is 1. The number of rotatable bonds is 2. The van der Waals surface area contributed by atoms with Gasteiger partial charge >= 0.3 is 5.97 Å². The highest BCUT2D eigenvalue weighted by atomic mass is 35.5. The fourth-order valence-corrected chi connectivity index (χ4v) is 7.81. The second kappa shape index (κ2) is 7.13. The van der Waals surface area contributed by atoms with E-state index in [-0.39, 0.29) is 28.4 Å². The van der Waals surface area contributed by atoms with Gasteiger partial charge in [0.1, 0.15) is 10.5 Å². The summed E-state index contributed by atoms with van der Waals surface area (Å²) in [7, 11) is 1.27. The Labute approximate surface area is 204 Å². The lowest BCUT2D eigenvalue weighted by atomic mass is 9.75. The van der Waals surface area contributed by atoms with Gasteiger partial charge in [-0.2, -0.15) is 0 Å². The third kappa shape index (κ3) is 2.42. The largest absolute Gasteiger partial charge is 0.465 e. The minimum Gasteiger partial charge on any atom is -0.465 e. The Balaban J connectivity index is 1.56. The molecular weight excluding hydrogens is 478 g/mol. The summed E-state index contributed by atoms with van der Waals surface area (Å²) in [5.74, 6) is -3.31. The number of aryl methyl sites for hydroxylation is 1. The highest BCUT2D eigenvalue weighted by Gasteiger charge is 2.75. The van der Waals surface area contributed by atoms with Crippen molar-refractivity contribution in [2.75, 3.05) is 23.9 Å². The van der Waals surface area contributed by atoms with Gasteiger partial charge in [-0.3, -0.25) is 19.3 Å². The monoisotopic (exact) mass is 499 g/mol. The zero-order valence-electron chi connectivity index (χ0n) is 18.8. The first-order valence-electron chi connectivity index (χ1n) is 11.2. The number of nitrogens with zero attached hydrogens (tertiary/aromatic N) is 2. The number of thiophene rings is 1. The summed E-state index contributed by atoms with van der Waals surface area (Å²) in [4.78, 5) is 58.4. The number of imide groups is 1. The molecule has 10 heteroatoms. The van der Waals surface area contributed by atoms with Gasteiger partial charge in [-0.25, -0.2) is 9.69 Å². The number of carbonyl (C=O) groups is 4. The number of methoxy groups -OCH3 is 1. The van der Waals surface area contributed by atoms with Gasteiger partial charge in [0.2, 0.25) is 17.7 Å². The van der Waals surface area contributed by atoms with Gasteiger partial charge < -0.3 is 10.1 Å². The van der Waals surface area contributed by atoms with Gasteiger partial charge in [-0.1, -0.05) is 11.6 Å². The van der Waals surface area contributed by atoms with E-state index in [0.717, 1.165) is 16.2 Å². The summed E-state index contributed by atoms with van der Waals surface area (Å²) in [5.41, 5.74) is 0.845. The van der Waals surface area contributed by atoms with Gasteiger partial charge in [-0.15, -0.1) is 11.3 Å². The summed E-state index contributed by atoms with van der Waals surface area (Å²) in [6.07, 6.45) is 1.54. The number of amides is 3. The van der Waals surface area contributed by atoms with Gasteiger partial charge in [0.05, 0.1) is 24.5 Å². The Bertz CT molecular complexity index is 1320. The fourth-order valence-electron chi connectivity index (χ4n) is 6.48. The third-order valence-electron chi connectivity index (χ3n) is 7.91. The number of carbonyl (C=O) groups excluding carboxylic acids is 4. The molecule has 6 rings (SSSR count). The Morgan fingerprint density at radius 3 is 2.74 bits per heavy atom. The average Bonchev–Trinajstić information content (AvgIpc) is 3.56. The van der Waals surface area contributed by atoms with Crippen LogP contribution in [0.15, 0.2) is 18.2 Å². The van der Waals surface area contributed by atoms with E-state index >= 15 is 0 Å². The van der Waals surface area contributed by atoms with E-state index in [1.165, 1.54) is 18.4 Å². The summed E-state index contributed by atoms with van der Waals surface area (Å²) in [6.45, 7) is 4.23. The third-order valence-corrected chi connectivity index (χ3v) is 9.34. The fraction of sp³-hybridized carbons (Fsp3) is 0.417. The van der Waals surface area contributed by atoms with Crippen molar-refractivity contribution >= 4 is 57.3 Å². The molecule has 1 aromatic heterocycles. The van der Waals surface area contributed by atoms with Gasteiger partial charge in [0.15, 0.2) is 0 Å². The Morgan fingerprint density at radius 2 is 2.00 bits per heavy atom. The van der Waals surface area contributed by atoms with Crippen LogP contribution in [0.1, 0.15) is 39.2 Å². The summed E-state index contributed by atoms with van der Waals surface area (Å²) < 4.78 is 4.97. The van der Waals surface area contributed by atoms with Crippen molar-refractivity contribution in [1.82, 2.24) is 4.90 Å². The van der Waals surface area contributed by atoms with E-state index in [4.69, 9.17) is 16.3 Å². The molecule has 4 aliphatic rings. The van der Waals surface area contributed by atoms with E-state index < -0.39 is 29.3 Å². The Morgan fingerprint density at radius 1 is 1.24 bits per heavy atom. The molecule has 3 saturated heterocycles. The van der Waals surface area contributed by atoms with Crippen LogP contribution >= 0.6 is 22.9 Å². The molecule has 0 saturated carbocycles. The van der Waals surface area contributed by atoms with Crippen molar-refractivity contribution in [1.29, 1.82) is 0 Å². The lowest BCUT2D eigenvalue weighted by Crippen LogP contribution is -2.54. The normalized spacial score (nSPS) is 29.6. The number of fused-ring (bicyclic) bond motifs is 7. The van der Waals surface area contributed by atoms with Crippen molar-refractivity contribution in [2.24, 2.45) is 11.8 Å². The molecule has 4 aliphatic heterocycles. The number of anilines is 2. The number of esters is 1. The molecule has 2 aromatic rings. The molecule has 4 atom stereocenters. The van der Waals surface area contributed by atoms with E-state index in [1.807, 2.05) is 11.8 Å². The molecule has 34 heavy (non-hydrogen) atoms. The smallest absolute Gasteiger partial charge is 0.341 e. The Kier molecular flexibility index (Phi) is 4.56. The van der Waals surface area contributed by atoms with Crippen LogP contribution in [0, 0.1) is 25.7 Å². The molecule has 8 nitrogen and oxygen atoms in total. The van der Waals surface area contributed by atoms with Crippen LogP contribution in [0.2, 0.25) is 5.02 Å². The van der Waals surface area contributed by atoms with E-state index in [9.17, 15) is 19.2 Å². The van der Waals surface area contributed by atoms with Crippen LogP contribution in [-0.4, -0.2) is 48.3 Å². The first-order chi connectivity index (χ1) is 16.2. The standard InChI is InChI=1S/C24H22ClN3O5S/c1-10-11(2)34-21(16(10)22(31)33-3)28-19(29)17-15-5-4-8-27(15)24(18(17)20(28)30)13-9-12(25)6-7-14(13)26-23(24)32/h6-7,9,15,17-18H,4-5,8H2,1-3H3,(H,26,32). The van der Waals surface area contributed by atoms with E-state index in [0.29, 0.717) is 34.8 Å². The predicted octanol–water partition coefficient (Wildman–Crippen LogP) is 3.24. The van der Waals surface area contributed by atoms with Gasteiger partial charge in [0, 0.05) is 27.2 Å².